The molecule has 49 heavy (non-hydrogen) atoms. The third-order valence-corrected chi connectivity index (χ3v) is 6.92. The Balaban J connectivity index is 0.000000205. The Hall–Kier alpha value is -6.36. The second-order valence-electron chi connectivity index (χ2n) is 9.55. The van der Waals surface area contributed by atoms with Crippen molar-refractivity contribution in [2.45, 2.75) is 0 Å². The lowest BCUT2D eigenvalue weighted by atomic mass is 10.2. The van der Waals surface area contributed by atoms with Crippen LogP contribution in [0.5, 0.6) is 34.5 Å². The Labute approximate surface area is 284 Å². The second kappa shape index (κ2) is 15.5. The summed E-state index contributed by atoms with van der Waals surface area (Å²) in [6, 6.07) is 14.2. The Kier molecular flexibility index (Phi) is 10.7. The van der Waals surface area contributed by atoms with E-state index in [9.17, 15) is 4.79 Å². The molecule has 0 saturated heterocycles. The van der Waals surface area contributed by atoms with E-state index in [2.05, 4.69) is 45.5 Å². The lowest BCUT2D eigenvalue weighted by molar-refractivity contribution is 0.324. The number of halogens is 1. The predicted molar refractivity (Wildman–Crippen MR) is 181 cm³/mol. The Morgan fingerprint density at radius 3 is 1.63 bits per heavy atom. The first kappa shape index (κ1) is 34.0. The Bertz CT molecular complexity index is 2080. The summed E-state index contributed by atoms with van der Waals surface area (Å²) < 4.78 is 33.2. The lowest BCUT2D eigenvalue weighted by Gasteiger charge is -2.14. The van der Waals surface area contributed by atoms with Crippen LogP contribution in [0.25, 0.3) is 17.0 Å². The van der Waals surface area contributed by atoms with Gasteiger partial charge in [-0.05, 0) is 23.7 Å². The molecule has 0 aliphatic rings. The van der Waals surface area contributed by atoms with Crippen molar-refractivity contribution >= 4 is 45.9 Å². The lowest BCUT2D eigenvalue weighted by Crippen LogP contribution is -2.18. The molecule has 0 unspecified atom stereocenters. The van der Waals surface area contributed by atoms with Gasteiger partial charge in [-0.15, -0.1) is 0 Å². The van der Waals surface area contributed by atoms with Crippen LogP contribution >= 0.6 is 11.6 Å². The summed E-state index contributed by atoms with van der Waals surface area (Å²) >= 11 is 5.70. The minimum absolute atomic E-state index is 0.106. The summed E-state index contributed by atoms with van der Waals surface area (Å²) in [6.45, 7) is 0. The van der Waals surface area contributed by atoms with Gasteiger partial charge in [0.15, 0.2) is 23.0 Å². The number of benzene rings is 3. The van der Waals surface area contributed by atoms with Crippen molar-refractivity contribution in [1.29, 1.82) is 0 Å². The van der Waals surface area contributed by atoms with E-state index in [-0.39, 0.29) is 22.9 Å². The second-order valence-corrected chi connectivity index (χ2v) is 9.89. The molecule has 0 amide bonds. The summed E-state index contributed by atoms with van der Waals surface area (Å²) in [5.74, 6) is 3.76. The van der Waals surface area contributed by atoms with Gasteiger partial charge in [0.2, 0.25) is 34.6 Å². The van der Waals surface area contributed by atoms with Gasteiger partial charge in [-0.3, -0.25) is 0 Å². The van der Waals surface area contributed by atoms with Crippen LogP contribution in [-0.2, 0) is 0 Å². The molecule has 254 valence electrons. The fourth-order valence-electron chi connectivity index (χ4n) is 4.61. The topological polar surface area (TPSA) is 195 Å². The minimum Gasteiger partial charge on any atom is -0.493 e. The smallest absolute Gasteiger partial charge is 0.333 e. The third kappa shape index (κ3) is 7.62. The molecule has 0 bridgehead atoms. The number of hydrogen-bond donors (Lipinski definition) is 3. The highest BCUT2D eigenvalue weighted by Gasteiger charge is 2.16. The van der Waals surface area contributed by atoms with Gasteiger partial charge in [0.05, 0.1) is 53.7 Å². The number of methoxy groups -OCH3 is 6. The van der Waals surface area contributed by atoms with Crippen molar-refractivity contribution in [3.05, 3.63) is 77.0 Å². The number of hydrogen-bond acceptors (Lipinski definition) is 15. The highest BCUT2D eigenvalue weighted by Crippen LogP contribution is 2.41. The summed E-state index contributed by atoms with van der Waals surface area (Å²) in [5.41, 5.74) is 2.31. The van der Waals surface area contributed by atoms with Crippen molar-refractivity contribution in [3.8, 4) is 40.4 Å². The van der Waals surface area contributed by atoms with Crippen LogP contribution in [0, 0.1) is 0 Å². The minimum atomic E-state index is -0.337. The highest BCUT2D eigenvalue weighted by atomic mass is 35.5. The first-order chi connectivity index (χ1) is 23.8. The standard InChI is InChI=1S/C19H18N6O4.C12H13ClN4O3/c1-27-14-8-11(9-15(28-2)16(14)29-3)22-17-20-10-21-18(24-17)25-13-7-5-4-6-12(13)23-19(25)26;1-18-8-4-7(5-9(19-2)10(8)20-3)16-12-15-6-14-11(13)17-12/h4-10H,1-3H3,(H,23,26)(H,20,21,22,24);4-6H,1-3H3,(H,14,15,16,17). The van der Waals surface area contributed by atoms with Crippen LogP contribution in [0.2, 0.25) is 5.28 Å². The third-order valence-electron chi connectivity index (χ3n) is 6.73. The number of aromatic amines is 1. The van der Waals surface area contributed by atoms with Crippen molar-refractivity contribution in [2.24, 2.45) is 0 Å². The fourth-order valence-corrected chi connectivity index (χ4v) is 4.73. The molecule has 3 aromatic heterocycles. The quantitative estimate of drug-likeness (QED) is 0.171. The maximum atomic E-state index is 12.4. The Morgan fingerprint density at radius 1 is 0.653 bits per heavy atom. The molecule has 0 spiro atoms. The highest BCUT2D eigenvalue weighted by molar-refractivity contribution is 6.28. The van der Waals surface area contributed by atoms with Crippen molar-refractivity contribution in [1.82, 2.24) is 39.5 Å². The van der Waals surface area contributed by atoms with E-state index in [1.54, 1.807) is 45.6 Å². The molecule has 0 radical (unpaired) electrons. The summed E-state index contributed by atoms with van der Waals surface area (Å²) in [6.07, 6.45) is 2.65. The predicted octanol–water partition coefficient (Wildman–Crippen LogP) is 4.57. The average molecular weight is 691 g/mol. The largest absolute Gasteiger partial charge is 0.493 e. The number of para-hydroxylation sites is 2. The number of imidazole rings is 1. The maximum absolute atomic E-state index is 12.4. The van der Waals surface area contributed by atoms with Gasteiger partial charge in [-0.25, -0.2) is 29.3 Å². The van der Waals surface area contributed by atoms with Crippen LogP contribution in [0.1, 0.15) is 0 Å². The fraction of sp³-hybridized carbons (Fsp3) is 0.194. The SMILES string of the molecule is COc1cc(Nc2ncnc(-n3c(=O)[nH]c4ccccc43)n2)cc(OC)c1OC.COc1cc(Nc2ncnc(Cl)n2)cc(OC)c1OC. The van der Waals surface area contributed by atoms with Crippen molar-refractivity contribution in [3.63, 3.8) is 0 Å². The van der Waals surface area contributed by atoms with Gasteiger partial charge < -0.3 is 44.0 Å². The normalized spacial score (nSPS) is 10.4. The molecule has 0 aliphatic carbocycles. The number of aromatic nitrogens is 8. The van der Waals surface area contributed by atoms with Crippen LogP contribution in [0.4, 0.5) is 23.3 Å². The van der Waals surface area contributed by atoms with Gasteiger partial charge in [0, 0.05) is 35.6 Å². The Morgan fingerprint density at radius 2 is 1.14 bits per heavy atom. The van der Waals surface area contributed by atoms with E-state index in [1.807, 2.05) is 24.3 Å². The van der Waals surface area contributed by atoms with Crippen molar-refractivity contribution < 1.29 is 28.4 Å². The summed E-state index contributed by atoms with van der Waals surface area (Å²) in [7, 11) is 9.22. The van der Waals surface area contributed by atoms with Gasteiger partial charge in [0.1, 0.15) is 12.7 Å². The molecule has 6 rings (SSSR count). The maximum Gasteiger partial charge on any atom is 0.333 e. The number of nitrogens with zero attached hydrogens (tertiary/aromatic N) is 7. The molecular weight excluding hydrogens is 660 g/mol. The van der Waals surface area contributed by atoms with Crippen LogP contribution < -0.4 is 44.7 Å². The zero-order valence-corrected chi connectivity index (χ0v) is 27.9. The van der Waals surface area contributed by atoms with E-state index < -0.39 is 0 Å². The van der Waals surface area contributed by atoms with Gasteiger partial charge >= 0.3 is 5.69 Å². The molecule has 17 nitrogen and oxygen atoms in total. The number of fused-ring (bicyclic) bond motifs is 1. The van der Waals surface area contributed by atoms with E-state index in [4.69, 9.17) is 40.0 Å². The monoisotopic (exact) mass is 690 g/mol. The zero-order valence-electron chi connectivity index (χ0n) is 27.1. The molecule has 0 aliphatic heterocycles. The molecule has 3 heterocycles. The first-order valence-electron chi connectivity index (χ1n) is 14.2. The van der Waals surface area contributed by atoms with E-state index in [1.165, 1.54) is 38.6 Å². The molecular formula is C31H31ClN10O7. The zero-order chi connectivity index (χ0) is 34.9. The number of anilines is 4. The van der Waals surface area contributed by atoms with E-state index in [0.717, 1.165) is 0 Å². The van der Waals surface area contributed by atoms with Crippen LogP contribution in [0.15, 0.2) is 66.0 Å². The van der Waals surface area contributed by atoms with E-state index in [0.29, 0.717) is 62.9 Å². The van der Waals surface area contributed by atoms with E-state index >= 15 is 0 Å². The van der Waals surface area contributed by atoms with Gasteiger partial charge in [0.25, 0.3) is 0 Å². The molecule has 3 aromatic carbocycles. The van der Waals surface area contributed by atoms with Crippen LogP contribution in [0.3, 0.4) is 0 Å². The first-order valence-corrected chi connectivity index (χ1v) is 14.6. The average Bonchev–Trinajstić information content (AvgIpc) is 3.46. The number of H-pyrrole nitrogens is 1. The number of ether oxygens (including phenoxy) is 6. The van der Waals surface area contributed by atoms with Crippen LogP contribution in [-0.4, -0.2) is 82.1 Å². The van der Waals surface area contributed by atoms with Gasteiger partial charge in [-0.1, -0.05) is 12.1 Å². The van der Waals surface area contributed by atoms with Crippen molar-refractivity contribution in [2.75, 3.05) is 53.3 Å². The summed E-state index contributed by atoms with van der Waals surface area (Å²) in [4.78, 5) is 39.4. The molecule has 0 atom stereocenters. The molecule has 0 fully saturated rings. The number of rotatable bonds is 11. The molecule has 6 aromatic rings. The summed E-state index contributed by atoms with van der Waals surface area (Å²) in [5, 5.41) is 6.16. The molecule has 0 saturated carbocycles. The van der Waals surface area contributed by atoms with Gasteiger partial charge in [-0.2, -0.15) is 9.97 Å². The molecule has 3 N–H and O–H groups in total. The number of nitrogens with one attached hydrogen (secondary N) is 3. The molecule has 18 heteroatoms.